The van der Waals surface area contributed by atoms with Gasteiger partial charge in [0, 0.05) is 18.6 Å². The molecule has 27 heavy (non-hydrogen) atoms. The highest BCUT2D eigenvalue weighted by molar-refractivity contribution is 5.87. The summed E-state index contributed by atoms with van der Waals surface area (Å²) in [5.74, 6) is -0.684. The van der Waals surface area contributed by atoms with E-state index in [1.807, 2.05) is 6.07 Å². The molecule has 0 atom stereocenters. The maximum Gasteiger partial charge on any atom is 0.271 e. The highest BCUT2D eigenvalue weighted by atomic mass is 19.1. The zero-order chi connectivity index (χ0) is 19.4. The lowest BCUT2D eigenvalue weighted by molar-refractivity contribution is 0.413. The first-order chi connectivity index (χ1) is 13.0. The minimum Gasteiger partial charge on any atom is -0.494 e. The molecule has 134 valence electrons. The van der Waals surface area contributed by atoms with Crippen LogP contribution in [0.5, 0.6) is 5.88 Å². The van der Waals surface area contributed by atoms with Crippen molar-refractivity contribution >= 4 is 11.9 Å². The smallest absolute Gasteiger partial charge is 0.271 e. The van der Waals surface area contributed by atoms with Crippen LogP contribution in [0.1, 0.15) is 22.3 Å². The summed E-state index contributed by atoms with van der Waals surface area (Å²) in [5.41, 5.74) is 1.09. The molecule has 7 heteroatoms. The van der Waals surface area contributed by atoms with E-state index in [4.69, 9.17) is 0 Å². The quantitative estimate of drug-likeness (QED) is 0.722. The topological polar surface area (TPSA) is 91.3 Å². The van der Waals surface area contributed by atoms with Crippen molar-refractivity contribution in [3.63, 3.8) is 0 Å². The molecule has 3 aromatic rings. The molecule has 0 saturated heterocycles. The second kappa shape index (κ2) is 7.62. The summed E-state index contributed by atoms with van der Waals surface area (Å²) < 4.78 is 14.1. The molecule has 2 heterocycles. The predicted octanol–water partition coefficient (Wildman–Crippen LogP) is 3.07. The van der Waals surface area contributed by atoms with Gasteiger partial charge in [-0.1, -0.05) is 6.07 Å². The van der Waals surface area contributed by atoms with Gasteiger partial charge in [0.1, 0.15) is 17.4 Å². The summed E-state index contributed by atoms with van der Waals surface area (Å²) in [5, 5.41) is 20.0. The molecule has 0 bridgehead atoms. The van der Waals surface area contributed by atoms with Gasteiger partial charge in [0.05, 0.1) is 17.8 Å². The first-order valence-electron chi connectivity index (χ1n) is 8.06. The number of aliphatic imine (C=N–C) groups is 1. The predicted molar refractivity (Wildman–Crippen MR) is 98.8 cm³/mol. The molecular weight excluding hydrogens is 347 g/mol. The summed E-state index contributed by atoms with van der Waals surface area (Å²) in [6, 6.07) is 10.9. The number of pyridine rings is 2. The van der Waals surface area contributed by atoms with Gasteiger partial charge in [-0.05, 0) is 48.4 Å². The number of nitrogens with zero attached hydrogens (tertiary/aromatic N) is 4. The van der Waals surface area contributed by atoms with Gasteiger partial charge in [0.15, 0.2) is 0 Å². The van der Waals surface area contributed by atoms with Crippen LogP contribution in [0, 0.1) is 24.1 Å². The van der Waals surface area contributed by atoms with Crippen molar-refractivity contribution in [1.82, 2.24) is 9.55 Å². The van der Waals surface area contributed by atoms with E-state index in [1.165, 1.54) is 30.5 Å². The lowest BCUT2D eigenvalue weighted by Crippen LogP contribution is -2.26. The normalized spacial score (nSPS) is 10.9. The third-order valence-corrected chi connectivity index (χ3v) is 4.08. The number of aromatic nitrogens is 2. The summed E-state index contributed by atoms with van der Waals surface area (Å²) >= 11 is 0. The van der Waals surface area contributed by atoms with E-state index in [0.29, 0.717) is 16.8 Å². The van der Waals surface area contributed by atoms with Crippen LogP contribution in [0.3, 0.4) is 0 Å². The fourth-order valence-corrected chi connectivity index (χ4v) is 2.61. The number of rotatable bonds is 4. The van der Waals surface area contributed by atoms with E-state index < -0.39 is 5.56 Å². The van der Waals surface area contributed by atoms with E-state index in [1.54, 1.807) is 31.5 Å². The average molecular weight is 362 g/mol. The van der Waals surface area contributed by atoms with E-state index in [-0.39, 0.29) is 29.4 Å². The Bertz CT molecular complexity index is 1100. The van der Waals surface area contributed by atoms with Gasteiger partial charge in [0.2, 0.25) is 5.88 Å². The first-order valence-corrected chi connectivity index (χ1v) is 8.06. The van der Waals surface area contributed by atoms with E-state index >= 15 is 0 Å². The van der Waals surface area contributed by atoms with Gasteiger partial charge in [-0.3, -0.25) is 19.3 Å². The van der Waals surface area contributed by atoms with Gasteiger partial charge in [0.25, 0.3) is 5.56 Å². The molecule has 0 aliphatic rings. The van der Waals surface area contributed by atoms with Crippen LogP contribution < -0.4 is 5.56 Å². The Morgan fingerprint density at radius 1 is 1.33 bits per heavy atom. The maximum absolute atomic E-state index is 13.0. The number of benzene rings is 1. The van der Waals surface area contributed by atoms with E-state index in [2.05, 4.69) is 9.98 Å². The van der Waals surface area contributed by atoms with Crippen molar-refractivity contribution in [2.24, 2.45) is 4.99 Å². The average Bonchev–Trinajstić information content (AvgIpc) is 2.68. The van der Waals surface area contributed by atoms with Crippen LogP contribution in [0.2, 0.25) is 0 Å². The third kappa shape index (κ3) is 3.75. The highest BCUT2D eigenvalue weighted by Crippen LogP contribution is 2.22. The molecule has 6 nitrogen and oxygen atoms in total. The van der Waals surface area contributed by atoms with Gasteiger partial charge in [-0.2, -0.15) is 5.26 Å². The molecule has 2 aromatic heterocycles. The molecule has 1 N–H and O–H groups in total. The molecule has 3 rings (SSSR count). The van der Waals surface area contributed by atoms with Crippen LogP contribution in [-0.2, 0) is 6.54 Å². The van der Waals surface area contributed by atoms with Crippen molar-refractivity contribution in [1.29, 1.82) is 5.26 Å². The van der Waals surface area contributed by atoms with Crippen LogP contribution in [-0.4, -0.2) is 20.9 Å². The molecule has 0 aliphatic heterocycles. The molecule has 0 aliphatic carbocycles. The first kappa shape index (κ1) is 18.0. The van der Waals surface area contributed by atoms with Gasteiger partial charge < -0.3 is 5.11 Å². The minimum absolute atomic E-state index is 0.0604. The zero-order valence-corrected chi connectivity index (χ0v) is 14.4. The Morgan fingerprint density at radius 3 is 2.70 bits per heavy atom. The fraction of sp³-hybridized carbons (Fsp3) is 0.100. The highest BCUT2D eigenvalue weighted by Gasteiger charge is 2.18. The van der Waals surface area contributed by atoms with Gasteiger partial charge in [-0.25, -0.2) is 4.39 Å². The van der Waals surface area contributed by atoms with Crippen LogP contribution in [0.25, 0.3) is 0 Å². The van der Waals surface area contributed by atoms with Crippen LogP contribution >= 0.6 is 0 Å². The van der Waals surface area contributed by atoms with Crippen molar-refractivity contribution in [3.8, 4) is 11.9 Å². The lowest BCUT2D eigenvalue weighted by Gasteiger charge is -2.14. The molecule has 0 fully saturated rings. The number of hydrogen-bond donors (Lipinski definition) is 1. The van der Waals surface area contributed by atoms with Crippen LogP contribution in [0.4, 0.5) is 10.1 Å². The van der Waals surface area contributed by atoms with Crippen molar-refractivity contribution < 1.29 is 9.50 Å². The molecule has 0 spiro atoms. The molecule has 0 unspecified atom stereocenters. The Labute approximate surface area is 154 Å². The summed E-state index contributed by atoms with van der Waals surface area (Å²) in [4.78, 5) is 20.8. The Kier molecular flexibility index (Phi) is 5.08. The molecule has 0 amide bonds. The maximum atomic E-state index is 13.0. The standard InChI is InChI=1S/C20H15FN4O2/c1-13-17(9-22)19(26)25(12-14-3-2-8-23-10-14)20(27)18(13)11-24-16-6-4-15(21)5-7-16/h2-8,10-11,27H,12H2,1H3. The summed E-state index contributed by atoms with van der Waals surface area (Å²) in [6.07, 6.45) is 4.53. The second-order valence-corrected chi connectivity index (χ2v) is 5.84. The van der Waals surface area contributed by atoms with E-state index in [0.717, 1.165) is 4.57 Å². The van der Waals surface area contributed by atoms with E-state index in [9.17, 15) is 19.6 Å². The van der Waals surface area contributed by atoms with Crippen molar-refractivity contribution in [3.05, 3.63) is 87.2 Å². The SMILES string of the molecule is Cc1c(C=Nc2ccc(F)cc2)c(O)n(Cc2cccnc2)c(=O)c1C#N. The third-order valence-electron chi connectivity index (χ3n) is 4.08. The summed E-state index contributed by atoms with van der Waals surface area (Å²) in [6.45, 7) is 1.63. The zero-order valence-electron chi connectivity index (χ0n) is 14.4. The monoisotopic (exact) mass is 362 g/mol. The second-order valence-electron chi connectivity index (χ2n) is 5.84. The van der Waals surface area contributed by atoms with Crippen molar-refractivity contribution in [2.75, 3.05) is 0 Å². The lowest BCUT2D eigenvalue weighted by atomic mass is 10.1. The number of aromatic hydroxyl groups is 1. The van der Waals surface area contributed by atoms with Gasteiger partial charge >= 0.3 is 0 Å². The largest absolute Gasteiger partial charge is 0.494 e. The molecule has 0 saturated carbocycles. The van der Waals surface area contributed by atoms with Crippen molar-refractivity contribution in [2.45, 2.75) is 13.5 Å². The minimum atomic E-state index is -0.588. The number of hydrogen-bond acceptors (Lipinski definition) is 5. The Hall–Kier alpha value is -3.79. The number of nitriles is 1. The van der Waals surface area contributed by atoms with Crippen LogP contribution in [0.15, 0.2) is 58.6 Å². The molecular formula is C20H15FN4O2. The molecule has 1 aromatic carbocycles. The fourth-order valence-electron chi connectivity index (χ4n) is 2.61. The Morgan fingerprint density at radius 2 is 2.07 bits per heavy atom. The number of halogens is 1. The molecule has 0 radical (unpaired) electrons. The Balaban J connectivity index is 2.10. The van der Waals surface area contributed by atoms with Gasteiger partial charge in [-0.15, -0.1) is 0 Å². The summed E-state index contributed by atoms with van der Waals surface area (Å²) in [7, 11) is 0.